The lowest BCUT2D eigenvalue weighted by molar-refractivity contribution is 0.558. The molecule has 0 aliphatic heterocycles. The number of hydrogen-bond acceptors (Lipinski definition) is 1. The van der Waals surface area contributed by atoms with Gasteiger partial charge in [-0.1, -0.05) is 45.4 Å². The van der Waals surface area contributed by atoms with Gasteiger partial charge in [-0.2, -0.15) is 0 Å². The molecule has 0 aliphatic rings. The third-order valence-corrected chi connectivity index (χ3v) is 3.16. The molecule has 2 heteroatoms. The molecule has 0 bridgehead atoms. The largest absolute Gasteiger partial charge is 0.313 e. The highest BCUT2D eigenvalue weighted by molar-refractivity contribution is 5.54. The second kappa shape index (κ2) is 7.44. The molecule has 0 radical (unpaired) electrons. The second-order valence-electron chi connectivity index (χ2n) is 5.91. The van der Waals surface area contributed by atoms with Crippen molar-refractivity contribution in [3.8, 4) is 0 Å². The van der Waals surface area contributed by atoms with Crippen LogP contribution >= 0.6 is 0 Å². The number of hydrogen-bond donors (Lipinski definition) is 1. The summed E-state index contributed by atoms with van der Waals surface area (Å²) in [5.74, 6) is 1.01. The van der Waals surface area contributed by atoms with Gasteiger partial charge in [0.25, 0.3) is 0 Å². The summed E-state index contributed by atoms with van der Waals surface area (Å²) in [5.41, 5.74) is 3.13. The Hall–Kier alpha value is -1.15. The monoisotopic (exact) mass is 263 g/mol. The summed E-state index contributed by atoms with van der Waals surface area (Å²) >= 11 is 0. The van der Waals surface area contributed by atoms with Crippen molar-refractivity contribution in [2.45, 2.75) is 34.6 Å². The van der Waals surface area contributed by atoms with E-state index in [1.165, 1.54) is 5.57 Å². The van der Waals surface area contributed by atoms with E-state index in [-0.39, 0.29) is 5.82 Å². The van der Waals surface area contributed by atoms with Gasteiger partial charge in [0, 0.05) is 6.54 Å². The molecule has 1 aromatic rings. The minimum Gasteiger partial charge on any atom is -0.313 e. The summed E-state index contributed by atoms with van der Waals surface area (Å²) in [7, 11) is 0. The van der Waals surface area contributed by atoms with Gasteiger partial charge < -0.3 is 5.32 Å². The van der Waals surface area contributed by atoms with Gasteiger partial charge >= 0.3 is 0 Å². The molecule has 1 nitrogen and oxygen atoms in total. The van der Waals surface area contributed by atoms with Crippen molar-refractivity contribution < 1.29 is 4.39 Å². The van der Waals surface area contributed by atoms with E-state index < -0.39 is 0 Å². The molecule has 1 aromatic carbocycles. The fraction of sp³-hybridized carbons (Fsp3) is 0.529. The Morgan fingerprint density at radius 2 is 1.95 bits per heavy atom. The Morgan fingerprint density at radius 3 is 2.47 bits per heavy atom. The summed E-state index contributed by atoms with van der Waals surface area (Å²) in [5, 5.41) is 3.47. The third kappa shape index (κ3) is 5.56. The fourth-order valence-corrected chi connectivity index (χ4v) is 1.90. The molecule has 19 heavy (non-hydrogen) atoms. The summed E-state index contributed by atoms with van der Waals surface area (Å²) < 4.78 is 13.3. The lowest BCUT2D eigenvalue weighted by atomic mass is 9.99. The van der Waals surface area contributed by atoms with E-state index in [2.05, 4.69) is 39.1 Å². The number of rotatable bonds is 6. The van der Waals surface area contributed by atoms with Crippen molar-refractivity contribution in [3.63, 3.8) is 0 Å². The molecule has 0 amide bonds. The van der Waals surface area contributed by atoms with Crippen molar-refractivity contribution in [3.05, 3.63) is 40.7 Å². The Bertz CT molecular complexity index is 433. The van der Waals surface area contributed by atoms with Crippen LogP contribution in [0.2, 0.25) is 0 Å². The predicted molar refractivity (Wildman–Crippen MR) is 81.7 cm³/mol. The first kappa shape index (κ1) is 15.9. The second-order valence-corrected chi connectivity index (χ2v) is 5.91. The van der Waals surface area contributed by atoms with E-state index in [4.69, 9.17) is 0 Å². The number of halogens is 1. The van der Waals surface area contributed by atoms with Crippen LogP contribution in [0.25, 0.3) is 6.08 Å². The smallest absolute Gasteiger partial charge is 0.126 e. The van der Waals surface area contributed by atoms with E-state index in [0.29, 0.717) is 17.4 Å². The van der Waals surface area contributed by atoms with Crippen LogP contribution in [0.5, 0.6) is 0 Å². The first-order chi connectivity index (χ1) is 8.90. The lowest BCUT2D eigenvalue weighted by Crippen LogP contribution is -2.23. The van der Waals surface area contributed by atoms with Gasteiger partial charge in [-0.25, -0.2) is 4.39 Å². The number of nitrogens with one attached hydrogen (secondary N) is 1. The summed E-state index contributed by atoms with van der Waals surface area (Å²) in [6.45, 7) is 12.5. The fourth-order valence-electron chi connectivity index (χ4n) is 1.90. The van der Waals surface area contributed by atoms with Gasteiger partial charge in [0.05, 0.1) is 0 Å². The zero-order chi connectivity index (χ0) is 14.4. The Kier molecular flexibility index (Phi) is 6.23. The summed E-state index contributed by atoms with van der Waals surface area (Å²) in [6, 6.07) is 5.29. The maximum Gasteiger partial charge on any atom is 0.126 e. The molecule has 0 atom stereocenters. The van der Waals surface area contributed by atoms with Crippen molar-refractivity contribution in [2.24, 2.45) is 11.8 Å². The highest BCUT2D eigenvalue weighted by Gasteiger charge is 2.05. The predicted octanol–water partition coefficient (Wildman–Crippen LogP) is 4.42. The van der Waals surface area contributed by atoms with Crippen LogP contribution in [-0.4, -0.2) is 13.1 Å². The highest BCUT2D eigenvalue weighted by atomic mass is 19.1. The van der Waals surface area contributed by atoms with Crippen molar-refractivity contribution >= 4 is 6.08 Å². The van der Waals surface area contributed by atoms with Crippen LogP contribution in [0.4, 0.5) is 4.39 Å². The summed E-state index contributed by atoms with van der Waals surface area (Å²) in [6.07, 6.45) is 2.17. The van der Waals surface area contributed by atoms with Crippen LogP contribution in [0.3, 0.4) is 0 Å². The maximum atomic E-state index is 13.3. The van der Waals surface area contributed by atoms with Crippen LogP contribution in [0.1, 0.15) is 38.8 Å². The lowest BCUT2D eigenvalue weighted by Gasteiger charge is -2.14. The molecular formula is C17H26FN. The first-order valence-electron chi connectivity index (χ1n) is 7.07. The maximum absolute atomic E-state index is 13.3. The molecule has 0 saturated heterocycles. The molecule has 0 spiro atoms. The van der Waals surface area contributed by atoms with Crippen molar-refractivity contribution in [2.75, 3.05) is 13.1 Å². The van der Waals surface area contributed by atoms with Gasteiger partial charge in [0.15, 0.2) is 0 Å². The zero-order valence-corrected chi connectivity index (χ0v) is 12.8. The molecule has 1 rings (SSSR count). The van der Waals surface area contributed by atoms with E-state index in [9.17, 15) is 4.39 Å². The molecule has 0 unspecified atom stereocenters. The summed E-state index contributed by atoms with van der Waals surface area (Å²) in [4.78, 5) is 0. The SMILES string of the molecule is Cc1cc(C=C(CNCC(C)C)C(C)C)ccc1F. The average molecular weight is 263 g/mol. The van der Waals surface area contributed by atoms with Gasteiger partial charge in [-0.05, 0) is 48.6 Å². The quantitative estimate of drug-likeness (QED) is 0.801. The van der Waals surface area contributed by atoms with Gasteiger partial charge in [-0.15, -0.1) is 0 Å². The van der Waals surface area contributed by atoms with Gasteiger partial charge in [0.2, 0.25) is 0 Å². The standard InChI is InChI=1S/C17H26FN/c1-12(2)10-19-11-16(13(3)4)9-15-6-7-17(18)14(5)8-15/h6-9,12-13,19H,10-11H2,1-5H3. The average Bonchev–Trinajstić information content (AvgIpc) is 2.32. The normalized spacial score (nSPS) is 12.5. The minimum absolute atomic E-state index is 0.138. The Labute approximate surface area is 116 Å². The van der Waals surface area contributed by atoms with E-state index in [1.807, 2.05) is 12.1 Å². The van der Waals surface area contributed by atoms with Crippen LogP contribution in [0.15, 0.2) is 23.8 Å². The van der Waals surface area contributed by atoms with Crippen LogP contribution < -0.4 is 5.32 Å². The number of aryl methyl sites for hydroxylation is 1. The third-order valence-electron chi connectivity index (χ3n) is 3.16. The molecule has 106 valence electrons. The topological polar surface area (TPSA) is 12.0 Å². The minimum atomic E-state index is -0.138. The molecule has 0 saturated carbocycles. The van der Waals surface area contributed by atoms with Crippen LogP contribution in [0, 0.1) is 24.6 Å². The van der Waals surface area contributed by atoms with Crippen molar-refractivity contribution in [1.29, 1.82) is 0 Å². The number of benzene rings is 1. The van der Waals surface area contributed by atoms with E-state index >= 15 is 0 Å². The van der Waals surface area contributed by atoms with Gasteiger partial charge in [0.1, 0.15) is 5.82 Å². The first-order valence-corrected chi connectivity index (χ1v) is 7.07. The molecule has 0 aliphatic carbocycles. The molecule has 1 N–H and O–H groups in total. The van der Waals surface area contributed by atoms with E-state index in [1.54, 1.807) is 13.0 Å². The molecule has 0 fully saturated rings. The molecule has 0 heterocycles. The van der Waals surface area contributed by atoms with Crippen molar-refractivity contribution in [1.82, 2.24) is 5.32 Å². The molecular weight excluding hydrogens is 237 g/mol. The van der Waals surface area contributed by atoms with Crippen LogP contribution in [-0.2, 0) is 0 Å². The Balaban J connectivity index is 2.79. The highest BCUT2D eigenvalue weighted by Crippen LogP contribution is 2.16. The zero-order valence-electron chi connectivity index (χ0n) is 12.8. The molecule has 0 aromatic heterocycles. The van der Waals surface area contributed by atoms with Gasteiger partial charge in [-0.3, -0.25) is 0 Å². The van der Waals surface area contributed by atoms with E-state index in [0.717, 1.165) is 18.7 Å². The Morgan fingerprint density at radius 1 is 1.26 bits per heavy atom.